The number of alkyl halides is 3. The quantitative estimate of drug-likeness (QED) is 0.625. The molecule has 0 bridgehead atoms. The molecule has 3 nitrogen and oxygen atoms in total. The van der Waals surface area contributed by atoms with Crippen LogP contribution in [0.3, 0.4) is 0 Å². The number of rotatable bonds is 6. The van der Waals surface area contributed by atoms with Crippen LogP contribution in [0.1, 0.15) is 19.8 Å². The smallest absolute Gasteiger partial charge is 0.389 e. The third kappa shape index (κ3) is 6.13. The predicted molar refractivity (Wildman–Crippen MR) is 67.9 cm³/mol. The molecule has 1 aromatic rings. The van der Waals surface area contributed by atoms with Crippen molar-refractivity contribution >= 4 is 11.6 Å². The summed E-state index contributed by atoms with van der Waals surface area (Å²) in [5.74, 6) is 5.76. The van der Waals surface area contributed by atoms with Gasteiger partial charge in [-0.1, -0.05) is 17.7 Å². The van der Waals surface area contributed by atoms with Gasteiger partial charge in [-0.25, -0.2) is 0 Å². The van der Waals surface area contributed by atoms with Crippen molar-refractivity contribution < 1.29 is 17.9 Å². The molecular weight excluding hydrogens is 281 g/mol. The molecule has 0 spiro atoms. The van der Waals surface area contributed by atoms with Crippen molar-refractivity contribution in [3.63, 3.8) is 0 Å². The number of hydrazine groups is 1. The average molecular weight is 297 g/mol. The molecule has 0 aliphatic heterocycles. The zero-order valence-corrected chi connectivity index (χ0v) is 11.1. The molecule has 1 rings (SSSR count). The highest BCUT2D eigenvalue weighted by molar-refractivity contribution is 6.30. The highest BCUT2D eigenvalue weighted by Crippen LogP contribution is 2.24. The van der Waals surface area contributed by atoms with Gasteiger partial charge in [-0.2, -0.15) is 13.2 Å². The maximum Gasteiger partial charge on any atom is 0.389 e. The first-order valence-corrected chi connectivity index (χ1v) is 6.14. The Morgan fingerprint density at radius 1 is 1.42 bits per heavy atom. The molecule has 7 heteroatoms. The Morgan fingerprint density at radius 2 is 2.11 bits per heavy atom. The van der Waals surface area contributed by atoms with Gasteiger partial charge in [0.25, 0.3) is 0 Å². The van der Waals surface area contributed by atoms with Crippen molar-refractivity contribution in [3.8, 4) is 5.75 Å². The molecule has 0 amide bonds. The largest absolute Gasteiger partial charge is 0.489 e. The van der Waals surface area contributed by atoms with Gasteiger partial charge in [0.2, 0.25) is 0 Å². The maximum atomic E-state index is 12.2. The van der Waals surface area contributed by atoms with E-state index in [9.17, 15) is 13.2 Å². The first-order valence-electron chi connectivity index (χ1n) is 5.77. The van der Waals surface area contributed by atoms with Crippen LogP contribution < -0.4 is 16.0 Å². The monoisotopic (exact) mass is 296 g/mol. The molecule has 3 N–H and O–H groups in total. The summed E-state index contributed by atoms with van der Waals surface area (Å²) in [6, 6.07) is 6.06. The van der Waals surface area contributed by atoms with E-state index in [1.54, 1.807) is 31.2 Å². The maximum absolute atomic E-state index is 12.2. The van der Waals surface area contributed by atoms with Crippen LogP contribution in [-0.4, -0.2) is 18.3 Å². The molecule has 19 heavy (non-hydrogen) atoms. The molecule has 0 saturated carbocycles. The first kappa shape index (κ1) is 16.1. The van der Waals surface area contributed by atoms with Crippen molar-refractivity contribution in [1.82, 2.24) is 5.43 Å². The lowest BCUT2D eigenvalue weighted by atomic mass is 10.1. The van der Waals surface area contributed by atoms with Crippen LogP contribution in [0.15, 0.2) is 24.3 Å². The number of nitrogens with two attached hydrogens (primary N) is 1. The number of benzene rings is 1. The lowest BCUT2D eigenvalue weighted by molar-refractivity contribution is -0.137. The molecule has 2 unspecified atom stereocenters. The number of hydrogen-bond acceptors (Lipinski definition) is 3. The summed E-state index contributed by atoms with van der Waals surface area (Å²) in [4.78, 5) is 0. The van der Waals surface area contributed by atoms with Crippen molar-refractivity contribution in [3.05, 3.63) is 29.3 Å². The van der Waals surface area contributed by atoms with E-state index in [0.29, 0.717) is 10.8 Å². The lowest BCUT2D eigenvalue weighted by Gasteiger charge is -2.24. The third-order valence-electron chi connectivity index (χ3n) is 2.64. The Balaban J connectivity index is 2.56. The summed E-state index contributed by atoms with van der Waals surface area (Å²) < 4.78 is 42.0. The fourth-order valence-corrected chi connectivity index (χ4v) is 1.79. The van der Waals surface area contributed by atoms with Crippen LogP contribution in [0.4, 0.5) is 13.2 Å². The van der Waals surface area contributed by atoms with E-state index in [0.717, 1.165) is 0 Å². The normalized spacial score (nSPS) is 15.1. The van der Waals surface area contributed by atoms with Gasteiger partial charge in [-0.05, 0) is 31.5 Å². The Kier molecular flexibility index (Phi) is 5.90. The summed E-state index contributed by atoms with van der Waals surface area (Å²) >= 11 is 5.79. The Hall–Kier alpha value is -0.980. The molecule has 2 atom stereocenters. The van der Waals surface area contributed by atoms with Gasteiger partial charge in [-0.3, -0.25) is 11.3 Å². The van der Waals surface area contributed by atoms with E-state index in [1.807, 2.05) is 0 Å². The lowest BCUT2D eigenvalue weighted by Crippen LogP contribution is -2.45. The van der Waals surface area contributed by atoms with Gasteiger partial charge in [-0.15, -0.1) is 0 Å². The van der Waals surface area contributed by atoms with Gasteiger partial charge in [0.1, 0.15) is 11.9 Å². The Bertz CT molecular complexity index is 401. The Labute approximate surface area is 114 Å². The summed E-state index contributed by atoms with van der Waals surface area (Å²) in [5, 5.41) is 0.497. The first-order chi connectivity index (χ1) is 8.81. The molecular formula is C12H16ClF3N2O. The highest BCUT2D eigenvalue weighted by atomic mass is 35.5. The zero-order chi connectivity index (χ0) is 14.5. The number of ether oxygens (including phenoxy) is 1. The van der Waals surface area contributed by atoms with Crippen molar-refractivity contribution in [2.75, 3.05) is 0 Å². The molecule has 0 aliphatic rings. The fraction of sp³-hybridized carbons (Fsp3) is 0.500. The van der Waals surface area contributed by atoms with Crippen molar-refractivity contribution in [1.29, 1.82) is 0 Å². The molecule has 0 heterocycles. The number of hydrogen-bond donors (Lipinski definition) is 2. The van der Waals surface area contributed by atoms with Gasteiger partial charge in [0.05, 0.1) is 6.04 Å². The van der Waals surface area contributed by atoms with E-state index in [2.05, 4.69) is 5.43 Å². The fourth-order valence-electron chi connectivity index (χ4n) is 1.61. The van der Waals surface area contributed by atoms with E-state index in [-0.39, 0.29) is 6.42 Å². The molecule has 1 aromatic carbocycles. The third-order valence-corrected chi connectivity index (χ3v) is 2.87. The molecule has 0 aliphatic carbocycles. The van der Waals surface area contributed by atoms with Crippen molar-refractivity contribution in [2.45, 2.75) is 38.1 Å². The standard InChI is InChI=1S/C12H16ClF3N2O/c1-8(11(18-17)5-6-12(14,15)16)19-10-4-2-3-9(13)7-10/h2-4,7-8,11,18H,5-6,17H2,1H3. The predicted octanol–water partition coefficient (Wildman–Crippen LogP) is 3.28. The second-order valence-corrected chi connectivity index (χ2v) is 4.64. The average Bonchev–Trinajstić information content (AvgIpc) is 2.28. The van der Waals surface area contributed by atoms with Crippen LogP contribution in [0.25, 0.3) is 0 Å². The summed E-state index contributed by atoms with van der Waals surface area (Å²) in [7, 11) is 0. The van der Waals surface area contributed by atoms with E-state index >= 15 is 0 Å². The number of halogens is 4. The SMILES string of the molecule is CC(Oc1cccc(Cl)c1)C(CCC(F)(F)F)NN. The van der Waals surface area contributed by atoms with Gasteiger partial charge in [0, 0.05) is 11.4 Å². The zero-order valence-electron chi connectivity index (χ0n) is 10.4. The van der Waals surface area contributed by atoms with Gasteiger partial charge >= 0.3 is 6.18 Å². The van der Waals surface area contributed by atoms with Gasteiger partial charge in [0.15, 0.2) is 0 Å². The summed E-state index contributed by atoms with van der Waals surface area (Å²) in [5.41, 5.74) is 2.35. The molecule has 0 aromatic heterocycles. The van der Waals surface area contributed by atoms with Gasteiger partial charge < -0.3 is 4.74 Å². The van der Waals surface area contributed by atoms with Crippen LogP contribution in [-0.2, 0) is 0 Å². The minimum absolute atomic E-state index is 0.151. The van der Waals surface area contributed by atoms with E-state index < -0.39 is 24.7 Å². The molecule has 0 saturated heterocycles. The van der Waals surface area contributed by atoms with E-state index in [4.69, 9.17) is 22.2 Å². The topological polar surface area (TPSA) is 47.3 Å². The van der Waals surface area contributed by atoms with Crippen LogP contribution in [0, 0.1) is 0 Å². The van der Waals surface area contributed by atoms with Crippen LogP contribution >= 0.6 is 11.6 Å². The summed E-state index contributed by atoms with van der Waals surface area (Å²) in [6.45, 7) is 1.65. The summed E-state index contributed by atoms with van der Waals surface area (Å²) in [6.07, 6.45) is -5.77. The molecule has 108 valence electrons. The molecule has 0 radical (unpaired) electrons. The molecule has 0 fully saturated rings. The second kappa shape index (κ2) is 6.98. The minimum atomic E-state index is -4.20. The Morgan fingerprint density at radius 3 is 2.63 bits per heavy atom. The van der Waals surface area contributed by atoms with Crippen LogP contribution in [0.2, 0.25) is 5.02 Å². The van der Waals surface area contributed by atoms with Crippen LogP contribution in [0.5, 0.6) is 5.75 Å². The van der Waals surface area contributed by atoms with Crippen molar-refractivity contribution in [2.24, 2.45) is 5.84 Å². The second-order valence-electron chi connectivity index (χ2n) is 4.21. The number of nitrogens with one attached hydrogen (secondary N) is 1. The van der Waals surface area contributed by atoms with E-state index in [1.165, 1.54) is 0 Å². The highest BCUT2D eigenvalue weighted by Gasteiger charge is 2.30. The minimum Gasteiger partial charge on any atom is -0.489 e.